The lowest BCUT2D eigenvalue weighted by atomic mass is 10.2. The SMILES string of the molecule is CN(CC(=O)N1CCCN(C2CCSC2)CC1)Cc1ccncc1. The van der Waals surface area contributed by atoms with E-state index in [2.05, 4.69) is 31.4 Å². The molecule has 6 heteroatoms. The lowest BCUT2D eigenvalue weighted by molar-refractivity contribution is -0.132. The zero-order valence-electron chi connectivity index (χ0n) is 14.6. The summed E-state index contributed by atoms with van der Waals surface area (Å²) in [5.41, 5.74) is 1.20. The quantitative estimate of drug-likeness (QED) is 0.807. The minimum atomic E-state index is 0.259. The number of hydrogen-bond donors (Lipinski definition) is 0. The fourth-order valence-electron chi connectivity index (χ4n) is 3.55. The van der Waals surface area contributed by atoms with Gasteiger partial charge in [0, 0.05) is 56.9 Å². The van der Waals surface area contributed by atoms with Gasteiger partial charge in [-0.05, 0) is 43.3 Å². The lowest BCUT2D eigenvalue weighted by Gasteiger charge is -2.27. The molecule has 0 radical (unpaired) electrons. The number of thioether (sulfide) groups is 1. The molecule has 3 rings (SSSR count). The van der Waals surface area contributed by atoms with Crippen LogP contribution in [0.5, 0.6) is 0 Å². The minimum Gasteiger partial charge on any atom is -0.340 e. The van der Waals surface area contributed by atoms with Crippen molar-refractivity contribution in [2.45, 2.75) is 25.4 Å². The normalized spacial score (nSPS) is 22.8. The predicted octanol–water partition coefficient (Wildman–Crippen LogP) is 1.55. The summed E-state index contributed by atoms with van der Waals surface area (Å²) < 4.78 is 0. The molecule has 1 unspecified atom stereocenters. The Morgan fingerprint density at radius 2 is 2.12 bits per heavy atom. The molecule has 2 aliphatic rings. The second kappa shape index (κ2) is 8.83. The molecular weight excluding hydrogens is 320 g/mol. The molecule has 0 bridgehead atoms. The number of likely N-dealkylation sites (N-methyl/N-ethyl adjacent to an activating group) is 1. The van der Waals surface area contributed by atoms with E-state index in [9.17, 15) is 4.79 Å². The van der Waals surface area contributed by atoms with Gasteiger partial charge < -0.3 is 4.90 Å². The van der Waals surface area contributed by atoms with Crippen molar-refractivity contribution in [1.82, 2.24) is 19.7 Å². The second-order valence-corrected chi connectivity index (χ2v) is 7.97. The number of amides is 1. The van der Waals surface area contributed by atoms with Gasteiger partial charge in [-0.15, -0.1) is 0 Å². The van der Waals surface area contributed by atoms with Crippen LogP contribution in [0.1, 0.15) is 18.4 Å². The van der Waals surface area contributed by atoms with Crippen molar-refractivity contribution in [3.05, 3.63) is 30.1 Å². The van der Waals surface area contributed by atoms with Crippen molar-refractivity contribution in [1.29, 1.82) is 0 Å². The molecule has 0 aliphatic carbocycles. The Morgan fingerprint density at radius 1 is 1.29 bits per heavy atom. The Labute approximate surface area is 149 Å². The molecule has 0 N–H and O–H groups in total. The fraction of sp³-hybridized carbons (Fsp3) is 0.667. The Hall–Kier alpha value is -1.11. The van der Waals surface area contributed by atoms with Crippen molar-refractivity contribution in [2.24, 2.45) is 0 Å². The summed E-state index contributed by atoms with van der Waals surface area (Å²) >= 11 is 2.07. The Kier molecular flexibility index (Phi) is 6.51. The molecule has 0 aromatic carbocycles. The number of rotatable bonds is 5. The molecular formula is C18H28N4OS. The molecule has 0 saturated carbocycles. The van der Waals surface area contributed by atoms with Gasteiger partial charge in [0.25, 0.3) is 0 Å². The average molecular weight is 349 g/mol. The van der Waals surface area contributed by atoms with Crippen molar-refractivity contribution >= 4 is 17.7 Å². The van der Waals surface area contributed by atoms with Crippen LogP contribution in [0, 0.1) is 0 Å². The minimum absolute atomic E-state index is 0.259. The van der Waals surface area contributed by atoms with E-state index < -0.39 is 0 Å². The van der Waals surface area contributed by atoms with E-state index in [-0.39, 0.29) is 5.91 Å². The standard InChI is InChI=1S/C18H28N4OS/c1-20(13-16-3-6-19-7-4-16)14-18(23)22-9-2-8-21(10-11-22)17-5-12-24-15-17/h3-4,6-7,17H,2,5,8-15H2,1H3. The summed E-state index contributed by atoms with van der Waals surface area (Å²) in [4.78, 5) is 23.4. The van der Waals surface area contributed by atoms with Crippen molar-refractivity contribution in [2.75, 3.05) is 51.3 Å². The summed E-state index contributed by atoms with van der Waals surface area (Å²) in [6.45, 7) is 5.23. The van der Waals surface area contributed by atoms with Gasteiger partial charge in [-0.3, -0.25) is 19.6 Å². The predicted molar refractivity (Wildman–Crippen MR) is 99.1 cm³/mol. The monoisotopic (exact) mass is 348 g/mol. The molecule has 24 heavy (non-hydrogen) atoms. The summed E-state index contributed by atoms with van der Waals surface area (Å²) in [6.07, 6.45) is 6.01. The van der Waals surface area contributed by atoms with Gasteiger partial charge in [0.1, 0.15) is 0 Å². The second-order valence-electron chi connectivity index (χ2n) is 6.82. The lowest BCUT2D eigenvalue weighted by Crippen LogP contribution is -2.42. The number of carbonyl (C=O) groups is 1. The third kappa shape index (κ3) is 4.94. The highest BCUT2D eigenvalue weighted by molar-refractivity contribution is 7.99. The Bertz CT molecular complexity index is 521. The van der Waals surface area contributed by atoms with Crippen LogP contribution in [-0.2, 0) is 11.3 Å². The van der Waals surface area contributed by atoms with E-state index in [1.807, 2.05) is 19.2 Å². The average Bonchev–Trinajstić information content (AvgIpc) is 3.00. The van der Waals surface area contributed by atoms with Crippen LogP contribution in [0.2, 0.25) is 0 Å². The van der Waals surface area contributed by atoms with Gasteiger partial charge >= 0.3 is 0 Å². The topological polar surface area (TPSA) is 39.7 Å². The summed E-state index contributed by atoms with van der Waals surface area (Å²) in [6, 6.07) is 4.74. The molecule has 1 aromatic rings. The van der Waals surface area contributed by atoms with E-state index in [1.54, 1.807) is 12.4 Å². The molecule has 3 heterocycles. The summed E-state index contributed by atoms with van der Waals surface area (Å²) in [7, 11) is 2.01. The van der Waals surface area contributed by atoms with Crippen LogP contribution in [0.15, 0.2) is 24.5 Å². The Morgan fingerprint density at radius 3 is 2.88 bits per heavy atom. The molecule has 1 atom stereocenters. The zero-order chi connectivity index (χ0) is 16.8. The van der Waals surface area contributed by atoms with Crippen molar-refractivity contribution in [3.63, 3.8) is 0 Å². The van der Waals surface area contributed by atoms with Crippen LogP contribution in [-0.4, -0.2) is 82.9 Å². The molecule has 132 valence electrons. The third-order valence-electron chi connectivity index (χ3n) is 4.91. The van der Waals surface area contributed by atoms with E-state index in [1.165, 1.54) is 23.5 Å². The van der Waals surface area contributed by atoms with E-state index in [0.29, 0.717) is 6.54 Å². The van der Waals surface area contributed by atoms with Crippen LogP contribution < -0.4 is 0 Å². The molecule has 5 nitrogen and oxygen atoms in total. The Balaban J connectivity index is 1.46. The van der Waals surface area contributed by atoms with Crippen LogP contribution in [0.3, 0.4) is 0 Å². The van der Waals surface area contributed by atoms with Gasteiger partial charge in [-0.1, -0.05) is 0 Å². The van der Waals surface area contributed by atoms with Gasteiger partial charge in [0.2, 0.25) is 5.91 Å². The first kappa shape index (κ1) is 17.7. The maximum absolute atomic E-state index is 12.6. The largest absolute Gasteiger partial charge is 0.340 e. The first-order valence-electron chi connectivity index (χ1n) is 8.89. The number of aromatic nitrogens is 1. The molecule has 2 saturated heterocycles. The van der Waals surface area contributed by atoms with Crippen LogP contribution in [0.4, 0.5) is 0 Å². The summed E-state index contributed by atoms with van der Waals surface area (Å²) in [5, 5.41) is 0. The first-order valence-corrected chi connectivity index (χ1v) is 10.0. The maximum Gasteiger partial charge on any atom is 0.236 e. The number of pyridine rings is 1. The summed E-state index contributed by atoms with van der Waals surface area (Å²) in [5.74, 6) is 2.82. The van der Waals surface area contributed by atoms with Crippen LogP contribution >= 0.6 is 11.8 Å². The van der Waals surface area contributed by atoms with E-state index in [0.717, 1.165) is 45.2 Å². The molecule has 2 aliphatic heterocycles. The maximum atomic E-state index is 12.6. The van der Waals surface area contributed by atoms with Gasteiger partial charge in [0.15, 0.2) is 0 Å². The highest BCUT2D eigenvalue weighted by Gasteiger charge is 2.26. The molecule has 2 fully saturated rings. The van der Waals surface area contributed by atoms with Crippen molar-refractivity contribution < 1.29 is 4.79 Å². The third-order valence-corrected chi connectivity index (χ3v) is 6.06. The van der Waals surface area contributed by atoms with Gasteiger partial charge in [0.05, 0.1) is 6.54 Å². The van der Waals surface area contributed by atoms with E-state index >= 15 is 0 Å². The van der Waals surface area contributed by atoms with Gasteiger partial charge in [-0.2, -0.15) is 11.8 Å². The van der Waals surface area contributed by atoms with Gasteiger partial charge in [-0.25, -0.2) is 0 Å². The molecule has 1 amide bonds. The highest BCUT2D eigenvalue weighted by Crippen LogP contribution is 2.23. The molecule has 0 spiro atoms. The first-order chi connectivity index (χ1) is 11.7. The highest BCUT2D eigenvalue weighted by atomic mass is 32.2. The van der Waals surface area contributed by atoms with Crippen LogP contribution in [0.25, 0.3) is 0 Å². The number of nitrogens with zero attached hydrogens (tertiary/aromatic N) is 4. The fourth-order valence-corrected chi connectivity index (χ4v) is 4.80. The smallest absolute Gasteiger partial charge is 0.236 e. The number of hydrogen-bond acceptors (Lipinski definition) is 5. The van der Waals surface area contributed by atoms with E-state index in [4.69, 9.17) is 0 Å². The zero-order valence-corrected chi connectivity index (χ0v) is 15.4. The molecule has 1 aromatic heterocycles. The number of carbonyl (C=O) groups excluding carboxylic acids is 1. The van der Waals surface area contributed by atoms with Crippen molar-refractivity contribution in [3.8, 4) is 0 Å².